The van der Waals surface area contributed by atoms with Crippen LogP contribution >= 0.6 is 0 Å². The van der Waals surface area contributed by atoms with E-state index in [2.05, 4.69) is 13.8 Å². The SMILES string of the molecule is CCCCCCCCCCCCC(CCCCCC)(C(=O)O)C(=O)O. The zero-order valence-electron chi connectivity index (χ0n) is 16.5. The first-order valence-electron chi connectivity index (χ1n) is 10.5. The number of carbonyl (C=O) groups is 2. The van der Waals surface area contributed by atoms with Gasteiger partial charge in [0.25, 0.3) is 0 Å². The summed E-state index contributed by atoms with van der Waals surface area (Å²) in [4.78, 5) is 23.3. The normalized spacial score (nSPS) is 11.6. The summed E-state index contributed by atoms with van der Waals surface area (Å²) in [5.41, 5.74) is -1.58. The Balaban J connectivity index is 4.06. The van der Waals surface area contributed by atoms with Crippen molar-refractivity contribution in [2.24, 2.45) is 5.41 Å². The van der Waals surface area contributed by atoms with E-state index < -0.39 is 17.4 Å². The van der Waals surface area contributed by atoms with Gasteiger partial charge in [-0.2, -0.15) is 0 Å². The van der Waals surface area contributed by atoms with Crippen molar-refractivity contribution in [2.45, 2.75) is 117 Å². The van der Waals surface area contributed by atoms with Crippen molar-refractivity contribution in [3.8, 4) is 0 Å². The zero-order valence-corrected chi connectivity index (χ0v) is 16.5. The Morgan fingerprint density at radius 3 is 1.16 bits per heavy atom. The summed E-state index contributed by atoms with van der Waals surface area (Å²) in [7, 11) is 0. The van der Waals surface area contributed by atoms with Gasteiger partial charge < -0.3 is 10.2 Å². The Morgan fingerprint density at radius 2 is 0.840 bits per heavy atom. The molecule has 0 radical (unpaired) electrons. The molecule has 4 nitrogen and oxygen atoms in total. The van der Waals surface area contributed by atoms with Gasteiger partial charge in [-0.1, -0.05) is 104 Å². The van der Waals surface area contributed by atoms with E-state index in [1.807, 2.05) is 0 Å². The first-order chi connectivity index (χ1) is 12.0. The molecule has 4 heteroatoms. The van der Waals surface area contributed by atoms with Crippen LogP contribution in [0.1, 0.15) is 117 Å². The van der Waals surface area contributed by atoms with Gasteiger partial charge in [-0.3, -0.25) is 9.59 Å². The fourth-order valence-electron chi connectivity index (χ4n) is 3.41. The molecule has 0 unspecified atom stereocenters. The quantitative estimate of drug-likeness (QED) is 0.219. The van der Waals surface area contributed by atoms with Gasteiger partial charge in [-0.05, 0) is 12.8 Å². The second kappa shape index (κ2) is 15.2. The summed E-state index contributed by atoms with van der Waals surface area (Å²) in [5.74, 6) is -2.32. The minimum atomic E-state index is -1.58. The van der Waals surface area contributed by atoms with Crippen LogP contribution in [0.15, 0.2) is 0 Å². The number of carboxylic acids is 2. The molecular formula is C21H40O4. The smallest absolute Gasteiger partial charge is 0.321 e. The first-order valence-corrected chi connectivity index (χ1v) is 10.5. The van der Waals surface area contributed by atoms with Crippen LogP contribution in [0, 0.1) is 5.41 Å². The Morgan fingerprint density at radius 1 is 0.560 bits per heavy atom. The van der Waals surface area contributed by atoms with Crippen LogP contribution in [-0.4, -0.2) is 22.2 Å². The molecule has 0 saturated carbocycles. The molecule has 0 aromatic rings. The van der Waals surface area contributed by atoms with E-state index in [1.165, 1.54) is 44.9 Å². The van der Waals surface area contributed by atoms with Gasteiger partial charge in [-0.25, -0.2) is 0 Å². The van der Waals surface area contributed by atoms with Crippen molar-refractivity contribution < 1.29 is 19.8 Å². The molecule has 0 rings (SSSR count). The fourth-order valence-corrected chi connectivity index (χ4v) is 3.41. The predicted molar refractivity (Wildman–Crippen MR) is 103 cm³/mol. The lowest BCUT2D eigenvalue weighted by Crippen LogP contribution is -2.39. The molecule has 25 heavy (non-hydrogen) atoms. The lowest BCUT2D eigenvalue weighted by molar-refractivity contribution is -0.166. The Kier molecular flexibility index (Phi) is 14.6. The summed E-state index contributed by atoms with van der Waals surface area (Å²) in [6.07, 6.45) is 15.9. The van der Waals surface area contributed by atoms with E-state index >= 15 is 0 Å². The Bertz CT molecular complexity index is 338. The van der Waals surface area contributed by atoms with E-state index in [9.17, 15) is 19.8 Å². The molecule has 148 valence electrons. The third-order valence-corrected chi connectivity index (χ3v) is 5.23. The second-order valence-corrected chi connectivity index (χ2v) is 7.44. The average Bonchev–Trinajstić information content (AvgIpc) is 2.57. The predicted octanol–water partition coefficient (Wildman–Crippen LogP) is 6.42. The lowest BCUT2D eigenvalue weighted by atomic mass is 9.78. The lowest BCUT2D eigenvalue weighted by Gasteiger charge is -2.25. The van der Waals surface area contributed by atoms with Crippen LogP contribution < -0.4 is 0 Å². The molecule has 2 N–H and O–H groups in total. The monoisotopic (exact) mass is 356 g/mol. The summed E-state index contributed by atoms with van der Waals surface area (Å²) in [6, 6.07) is 0. The molecule has 0 saturated heterocycles. The van der Waals surface area contributed by atoms with Crippen LogP contribution in [-0.2, 0) is 9.59 Å². The van der Waals surface area contributed by atoms with Crippen molar-refractivity contribution in [1.29, 1.82) is 0 Å². The molecule has 0 heterocycles. The van der Waals surface area contributed by atoms with Gasteiger partial charge in [-0.15, -0.1) is 0 Å². The molecular weight excluding hydrogens is 316 g/mol. The highest BCUT2D eigenvalue weighted by atomic mass is 16.4. The van der Waals surface area contributed by atoms with Crippen molar-refractivity contribution in [2.75, 3.05) is 0 Å². The van der Waals surface area contributed by atoms with E-state index in [1.54, 1.807) is 0 Å². The van der Waals surface area contributed by atoms with Crippen LogP contribution in [0.2, 0.25) is 0 Å². The molecule has 0 aliphatic heterocycles. The molecule has 0 spiro atoms. The largest absolute Gasteiger partial charge is 0.480 e. The molecule has 0 aliphatic carbocycles. The molecule has 0 bridgehead atoms. The van der Waals surface area contributed by atoms with Gasteiger partial charge in [0, 0.05) is 0 Å². The van der Waals surface area contributed by atoms with Crippen LogP contribution in [0.5, 0.6) is 0 Å². The van der Waals surface area contributed by atoms with Gasteiger partial charge in [0.1, 0.15) is 0 Å². The van der Waals surface area contributed by atoms with Crippen molar-refractivity contribution >= 4 is 11.9 Å². The van der Waals surface area contributed by atoms with Crippen molar-refractivity contribution in [3.05, 3.63) is 0 Å². The first kappa shape index (κ1) is 23.9. The number of rotatable bonds is 18. The number of unbranched alkanes of at least 4 members (excludes halogenated alkanes) is 12. The van der Waals surface area contributed by atoms with Crippen molar-refractivity contribution in [1.82, 2.24) is 0 Å². The number of hydrogen-bond donors (Lipinski definition) is 2. The highest BCUT2D eigenvalue weighted by Crippen LogP contribution is 2.33. The third kappa shape index (κ3) is 10.5. The Hall–Kier alpha value is -1.06. The minimum Gasteiger partial charge on any atom is -0.480 e. The standard InChI is InChI=1S/C21H40O4/c1-3-5-7-9-10-11-12-13-14-16-18-21(19(22)23,20(24)25)17-15-8-6-4-2/h3-18H2,1-2H3,(H,22,23)(H,24,25). The molecule has 0 fully saturated rings. The third-order valence-electron chi connectivity index (χ3n) is 5.23. The molecule has 0 amide bonds. The highest BCUT2D eigenvalue weighted by Gasteiger charge is 2.45. The minimum absolute atomic E-state index is 0.259. The van der Waals surface area contributed by atoms with Crippen LogP contribution in [0.25, 0.3) is 0 Å². The van der Waals surface area contributed by atoms with Gasteiger partial charge >= 0.3 is 11.9 Å². The Labute approximate surface area is 154 Å². The zero-order chi connectivity index (χ0) is 19.0. The molecule has 0 aliphatic rings. The van der Waals surface area contributed by atoms with Gasteiger partial charge in [0.15, 0.2) is 5.41 Å². The van der Waals surface area contributed by atoms with Gasteiger partial charge in [0.05, 0.1) is 0 Å². The van der Waals surface area contributed by atoms with E-state index in [0.717, 1.165) is 32.1 Å². The van der Waals surface area contributed by atoms with E-state index in [4.69, 9.17) is 0 Å². The maximum Gasteiger partial charge on any atom is 0.321 e. The van der Waals surface area contributed by atoms with Gasteiger partial charge in [0.2, 0.25) is 0 Å². The van der Waals surface area contributed by atoms with E-state index in [0.29, 0.717) is 12.8 Å². The molecule has 0 aromatic heterocycles. The maximum absolute atomic E-state index is 11.6. The van der Waals surface area contributed by atoms with E-state index in [-0.39, 0.29) is 12.8 Å². The second-order valence-electron chi connectivity index (χ2n) is 7.44. The van der Waals surface area contributed by atoms with Crippen LogP contribution in [0.3, 0.4) is 0 Å². The maximum atomic E-state index is 11.6. The highest BCUT2D eigenvalue weighted by molar-refractivity contribution is 5.98. The molecule has 0 aromatic carbocycles. The number of carboxylic acid groups (broad SMARTS) is 2. The van der Waals surface area contributed by atoms with Crippen LogP contribution in [0.4, 0.5) is 0 Å². The number of aliphatic carboxylic acids is 2. The molecule has 0 atom stereocenters. The summed E-state index contributed by atoms with van der Waals surface area (Å²) in [6.45, 7) is 4.31. The topological polar surface area (TPSA) is 74.6 Å². The fraction of sp³-hybridized carbons (Fsp3) is 0.905. The number of hydrogen-bond acceptors (Lipinski definition) is 2. The summed E-state index contributed by atoms with van der Waals surface area (Å²) < 4.78 is 0. The average molecular weight is 357 g/mol. The summed E-state index contributed by atoms with van der Waals surface area (Å²) in [5, 5.41) is 19.0. The van der Waals surface area contributed by atoms with Crippen molar-refractivity contribution in [3.63, 3.8) is 0 Å². The summed E-state index contributed by atoms with van der Waals surface area (Å²) >= 11 is 0.